The first-order valence-corrected chi connectivity index (χ1v) is 10.3. The molecule has 8 heteroatoms. The van der Waals surface area contributed by atoms with E-state index in [1.807, 2.05) is 32.0 Å². The number of benzene rings is 1. The van der Waals surface area contributed by atoms with Gasteiger partial charge in [-0.1, -0.05) is 0 Å². The third kappa shape index (κ3) is 3.00. The van der Waals surface area contributed by atoms with Crippen molar-refractivity contribution in [3.8, 4) is 11.5 Å². The van der Waals surface area contributed by atoms with Gasteiger partial charge in [0.1, 0.15) is 15.9 Å². The summed E-state index contributed by atoms with van der Waals surface area (Å²) < 4.78 is 14.6. The molecule has 0 atom stereocenters. The first-order valence-electron chi connectivity index (χ1n) is 8.71. The van der Waals surface area contributed by atoms with Gasteiger partial charge in [-0.15, -0.1) is 0 Å². The van der Waals surface area contributed by atoms with Crippen molar-refractivity contribution < 1.29 is 14.3 Å². The number of rotatable bonds is 4. The van der Waals surface area contributed by atoms with Crippen molar-refractivity contribution >= 4 is 54.2 Å². The number of nitrogens with zero attached hydrogens (tertiary/aromatic N) is 2. The summed E-state index contributed by atoms with van der Waals surface area (Å²) in [6.45, 7) is 5.95. The molecule has 0 saturated carbocycles. The summed E-state index contributed by atoms with van der Waals surface area (Å²) >= 11 is 7.08. The maximum atomic E-state index is 12.4. The van der Waals surface area contributed by atoms with E-state index >= 15 is 0 Å². The van der Waals surface area contributed by atoms with E-state index in [-0.39, 0.29) is 0 Å². The number of hydrogen-bond donors (Lipinski definition) is 1. The Labute approximate surface area is 178 Å². The van der Waals surface area contributed by atoms with Crippen molar-refractivity contribution in [2.75, 3.05) is 6.61 Å². The predicted octanol–water partition coefficient (Wildman–Crippen LogP) is 5.93. The third-order valence-corrected chi connectivity index (χ3v) is 6.32. The van der Waals surface area contributed by atoms with Gasteiger partial charge in [0.2, 0.25) is 0 Å². The molecule has 4 rings (SSSR count). The molecule has 1 aromatic carbocycles. The highest BCUT2D eigenvalue weighted by Crippen LogP contribution is 2.36. The SMILES string of the molecule is CCOC(=O)c1c(C)c2c(Oc3ccc4[nH]c(C)c(Br)c4c3)ccnn2c1Br. The summed E-state index contributed by atoms with van der Waals surface area (Å²) in [6, 6.07) is 7.64. The number of halogens is 2. The minimum absolute atomic E-state index is 0.304. The van der Waals surface area contributed by atoms with Crippen LogP contribution in [0.2, 0.25) is 0 Å². The van der Waals surface area contributed by atoms with Crippen LogP contribution < -0.4 is 4.74 Å². The standard InChI is InChI=1S/C20H17Br2N3O3/c1-4-27-20(26)16-10(2)18-15(7-8-23-25(18)19(16)22)28-12-5-6-14-13(9-12)17(21)11(3)24-14/h5-9,24H,4H2,1-3H3. The number of H-pyrrole nitrogens is 1. The van der Waals surface area contributed by atoms with Gasteiger partial charge in [0.05, 0.1) is 18.4 Å². The molecule has 0 aliphatic rings. The molecule has 28 heavy (non-hydrogen) atoms. The number of carbonyl (C=O) groups is 1. The number of fused-ring (bicyclic) bond motifs is 2. The fourth-order valence-corrected chi connectivity index (χ4v) is 4.42. The van der Waals surface area contributed by atoms with Crippen LogP contribution in [0.15, 0.2) is 39.5 Å². The van der Waals surface area contributed by atoms with Crippen LogP contribution in [-0.2, 0) is 4.74 Å². The van der Waals surface area contributed by atoms with Crippen LogP contribution in [0.3, 0.4) is 0 Å². The smallest absolute Gasteiger partial charge is 0.341 e. The average molecular weight is 507 g/mol. The molecule has 3 aromatic heterocycles. The zero-order valence-corrected chi connectivity index (χ0v) is 18.6. The molecule has 0 aliphatic heterocycles. The molecule has 4 aromatic rings. The van der Waals surface area contributed by atoms with Gasteiger partial charge in [0, 0.05) is 27.1 Å². The fraction of sp³-hybridized carbons (Fsp3) is 0.200. The van der Waals surface area contributed by atoms with Crippen molar-refractivity contribution in [3.05, 3.63) is 56.4 Å². The normalized spacial score (nSPS) is 11.3. The molecule has 0 bridgehead atoms. The summed E-state index contributed by atoms with van der Waals surface area (Å²) in [6.07, 6.45) is 1.64. The van der Waals surface area contributed by atoms with E-state index in [1.165, 1.54) is 0 Å². The zero-order chi connectivity index (χ0) is 20.0. The average Bonchev–Trinajstić information content (AvgIpc) is 3.10. The summed E-state index contributed by atoms with van der Waals surface area (Å²) in [5, 5.41) is 5.39. The molecule has 3 heterocycles. The van der Waals surface area contributed by atoms with E-state index < -0.39 is 5.97 Å². The van der Waals surface area contributed by atoms with Crippen molar-refractivity contribution in [1.82, 2.24) is 14.6 Å². The fourth-order valence-electron chi connectivity index (χ4n) is 3.27. The molecule has 0 radical (unpaired) electrons. The second kappa shape index (κ2) is 7.25. The first-order chi connectivity index (χ1) is 13.4. The monoisotopic (exact) mass is 505 g/mol. The van der Waals surface area contributed by atoms with Gasteiger partial charge < -0.3 is 14.5 Å². The van der Waals surface area contributed by atoms with E-state index in [1.54, 1.807) is 23.7 Å². The summed E-state index contributed by atoms with van der Waals surface area (Å²) in [5.74, 6) is 0.901. The predicted molar refractivity (Wildman–Crippen MR) is 114 cm³/mol. The molecule has 0 spiro atoms. The number of aromatic nitrogens is 3. The Morgan fingerprint density at radius 3 is 2.79 bits per heavy atom. The highest BCUT2D eigenvalue weighted by atomic mass is 79.9. The minimum atomic E-state index is -0.392. The Morgan fingerprint density at radius 1 is 1.25 bits per heavy atom. The van der Waals surface area contributed by atoms with Crippen LogP contribution in [0.5, 0.6) is 11.5 Å². The number of aromatic amines is 1. The van der Waals surface area contributed by atoms with Gasteiger partial charge in [-0.25, -0.2) is 9.31 Å². The van der Waals surface area contributed by atoms with Crippen LogP contribution in [0.1, 0.15) is 28.5 Å². The lowest BCUT2D eigenvalue weighted by molar-refractivity contribution is 0.0524. The van der Waals surface area contributed by atoms with Crippen LogP contribution in [0, 0.1) is 13.8 Å². The lowest BCUT2D eigenvalue weighted by Crippen LogP contribution is -2.05. The molecule has 1 N–H and O–H groups in total. The molecule has 144 valence electrons. The highest BCUT2D eigenvalue weighted by molar-refractivity contribution is 9.11. The number of carbonyl (C=O) groups excluding carboxylic acids is 1. The largest absolute Gasteiger partial charge is 0.462 e. The number of esters is 1. The lowest BCUT2D eigenvalue weighted by atomic mass is 10.2. The Bertz CT molecular complexity index is 1230. The summed E-state index contributed by atoms with van der Waals surface area (Å²) in [4.78, 5) is 15.7. The molecular formula is C20H17Br2N3O3. The molecule has 0 unspecified atom stereocenters. The van der Waals surface area contributed by atoms with Crippen LogP contribution in [0.25, 0.3) is 16.4 Å². The van der Waals surface area contributed by atoms with E-state index in [4.69, 9.17) is 9.47 Å². The zero-order valence-electron chi connectivity index (χ0n) is 15.5. The molecular weight excluding hydrogens is 490 g/mol. The number of ether oxygens (including phenoxy) is 2. The molecule has 0 amide bonds. The molecule has 6 nitrogen and oxygen atoms in total. The Kier molecular flexibility index (Phi) is 4.93. The quantitative estimate of drug-likeness (QED) is 0.348. The minimum Gasteiger partial charge on any atom is -0.462 e. The Hall–Kier alpha value is -2.32. The van der Waals surface area contributed by atoms with Crippen LogP contribution in [0.4, 0.5) is 0 Å². The van der Waals surface area contributed by atoms with Crippen molar-refractivity contribution in [2.45, 2.75) is 20.8 Å². The first kappa shape index (κ1) is 19.0. The maximum Gasteiger partial charge on any atom is 0.341 e. The van der Waals surface area contributed by atoms with Crippen molar-refractivity contribution in [1.29, 1.82) is 0 Å². The van der Waals surface area contributed by atoms with Crippen molar-refractivity contribution in [2.24, 2.45) is 0 Å². The maximum absolute atomic E-state index is 12.4. The Morgan fingerprint density at radius 2 is 2.04 bits per heavy atom. The van der Waals surface area contributed by atoms with Gasteiger partial charge in [0.25, 0.3) is 0 Å². The van der Waals surface area contributed by atoms with Gasteiger partial charge in [-0.3, -0.25) is 0 Å². The number of hydrogen-bond acceptors (Lipinski definition) is 4. The third-order valence-electron chi connectivity index (χ3n) is 4.56. The summed E-state index contributed by atoms with van der Waals surface area (Å²) in [7, 11) is 0. The van der Waals surface area contributed by atoms with E-state index in [0.29, 0.717) is 33.8 Å². The van der Waals surface area contributed by atoms with E-state index in [2.05, 4.69) is 41.9 Å². The van der Waals surface area contributed by atoms with E-state index in [0.717, 1.165) is 26.6 Å². The number of aryl methyl sites for hydroxylation is 2. The van der Waals surface area contributed by atoms with Gasteiger partial charge in [-0.2, -0.15) is 5.10 Å². The van der Waals surface area contributed by atoms with Gasteiger partial charge >= 0.3 is 5.97 Å². The Balaban J connectivity index is 1.82. The van der Waals surface area contributed by atoms with Crippen LogP contribution in [-0.4, -0.2) is 27.2 Å². The topological polar surface area (TPSA) is 68.6 Å². The van der Waals surface area contributed by atoms with Crippen molar-refractivity contribution in [3.63, 3.8) is 0 Å². The lowest BCUT2D eigenvalue weighted by Gasteiger charge is -2.08. The van der Waals surface area contributed by atoms with Crippen LogP contribution >= 0.6 is 31.9 Å². The number of nitrogens with one attached hydrogen (secondary N) is 1. The summed E-state index contributed by atoms with van der Waals surface area (Å²) in [5.41, 5.74) is 3.99. The van der Waals surface area contributed by atoms with Gasteiger partial charge in [-0.05, 0) is 76.4 Å². The highest BCUT2D eigenvalue weighted by Gasteiger charge is 2.24. The molecule has 0 aliphatic carbocycles. The van der Waals surface area contributed by atoms with E-state index in [9.17, 15) is 4.79 Å². The second-order valence-electron chi connectivity index (χ2n) is 6.34. The second-order valence-corrected chi connectivity index (χ2v) is 7.88. The molecule has 0 fully saturated rings. The van der Waals surface area contributed by atoms with Gasteiger partial charge in [0.15, 0.2) is 5.75 Å². The molecule has 0 saturated heterocycles.